The molecule has 2 heterocycles. The van der Waals surface area contributed by atoms with Crippen LogP contribution in [0.3, 0.4) is 0 Å². The van der Waals surface area contributed by atoms with Gasteiger partial charge in [0.25, 0.3) is 5.91 Å². The molecule has 1 amide bonds. The van der Waals surface area contributed by atoms with E-state index in [2.05, 4.69) is 30.1 Å². The van der Waals surface area contributed by atoms with Gasteiger partial charge in [0.2, 0.25) is 0 Å². The number of hydrogen-bond donors (Lipinski definition) is 2. The van der Waals surface area contributed by atoms with Crippen LogP contribution in [-0.2, 0) is 6.54 Å². The number of benzene rings is 1. The molecule has 0 radical (unpaired) electrons. The van der Waals surface area contributed by atoms with E-state index >= 15 is 0 Å². The molecule has 96 valence electrons. The fraction of sp³-hybridized carbons (Fsp3) is 0.500. The molecule has 1 aromatic rings. The maximum Gasteiger partial charge on any atom is 0.251 e. The summed E-state index contributed by atoms with van der Waals surface area (Å²) in [6, 6.07) is 4.42. The predicted octanol–water partition coefficient (Wildman–Crippen LogP) is 1.75. The standard InChI is InChI=1S/C14H19N3O/c1-8-3-9(2)17(7-8)13-4-10-6-16-14(18)11(10)5-12(13)15/h4-5,8-9H,3,6-7,15H2,1-2H3,(H,16,18). The minimum Gasteiger partial charge on any atom is -0.397 e. The Balaban J connectivity index is 2.01. The Morgan fingerprint density at radius 2 is 2.17 bits per heavy atom. The van der Waals surface area contributed by atoms with Crippen LogP contribution in [0.1, 0.15) is 36.2 Å². The van der Waals surface area contributed by atoms with Gasteiger partial charge in [-0.05, 0) is 37.0 Å². The zero-order valence-corrected chi connectivity index (χ0v) is 10.9. The summed E-state index contributed by atoms with van der Waals surface area (Å²) >= 11 is 0. The van der Waals surface area contributed by atoms with E-state index in [4.69, 9.17) is 5.73 Å². The minimum atomic E-state index is -0.00825. The molecule has 2 unspecified atom stereocenters. The van der Waals surface area contributed by atoms with Crippen molar-refractivity contribution in [2.45, 2.75) is 32.9 Å². The number of carbonyl (C=O) groups is 1. The lowest BCUT2D eigenvalue weighted by Gasteiger charge is -2.26. The van der Waals surface area contributed by atoms with E-state index in [-0.39, 0.29) is 5.91 Å². The van der Waals surface area contributed by atoms with Crippen molar-refractivity contribution in [2.75, 3.05) is 17.2 Å². The van der Waals surface area contributed by atoms with Crippen molar-refractivity contribution in [1.29, 1.82) is 0 Å². The number of hydrogen-bond acceptors (Lipinski definition) is 3. The summed E-state index contributed by atoms with van der Waals surface area (Å²) in [6.45, 7) is 6.18. The first-order chi connectivity index (χ1) is 8.56. The number of nitrogens with two attached hydrogens (primary N) is 1. The van der Waals surface area contributed by atoms with Gasteiger partial charge in [0.15, 0.2) is 0 Å². The maximum absolute atomic E-state index is 11.6. The normalized spacial score (nSPS) is 26.3. The molecule has 1 saturated heterocycles. The Bertz CT molecular complexity index is 512. The molecule has 2 aliphatic rings. The van der Waals surface area contributed by atoms with E-state index in [0.29, 0.717) is 24.2 Å². The first kappa shape index (κ1) is 11.4. The number of amides is 1. The Labute approximate surface area is 107 Å². The summed E-state index contributed by atoms with van der Waals surface area (Å²) in [7, 11) is 0. The fourth-order valence-corrected chi connectivity index (χ4v) is 3.16. The van der Waals surface area contributed by atoms with E-state index in [0.717, 1.165) is 23.4 Å². The Morgan fingerprint density at radius 1 is 1.39 bits per heavy atom. The number of rotatable bonds is 1. The predicted molar refractivity (Wildman–Crippen MR) is 72.6 cm³/mol. The molecule has 3 rings (SSSR count). The van der Waals surface area contributed by atoms with E-state index < -0.39 is 0 Å². The van der Waals surface area contributed by atoms with Crippen LogP contribution in [0.2, 0.25) is 0 Å². The van der Waals surface area contributed by atoms with Gasteiger partial charge < -0.3 is 16.0 Å². The second-order valence-electron chi connectivity index (χ2n) is 5.59. The summed E-state index contributed by atoms with van der Waals surface area (Å²) in [5, 5.41) is 2.84. The zero-order valence-electron chi connectivity index (χ0n) is 10.9. The van der Waals surface area contributed by atoms with Crippen LogP contribution >= 0.6 is 0 Å². The number of carbonyl (C=O) groups excluding carboxylic acids is 1. The van der Waals surface area contributed by atoms with Gasteiger partial charge in [0.05, 0.1) is 11.4 Å². The van der Waals surface area contributed by atoms with Crippen LogP contribution in [-0.4, -0.2) is 18.5 Å². The smallest absolute Gasteiger partial charge is 0.251 e. The van der Waals surface area contributed by atoms with Crippen molar-refractivity contribution in [3.05, 3.63) is 23.3 Å². The van der Waals surface area contributed by atoms with Crippen LogP contribution in [0, 0.1) is 5.92 Å². The van der Waals surface area contributed by atoms with Gasteiger partial charge in [0, 0.05) is 24.7 Å². The largest absolute Gasteiger partial charge is 0.397 e. The van der Waals surface area contributed by atoms with Gasteiger partial charge in [-0.1, -0.05) is 6.92 Å². The topological polar surface area (TPSA) is 58.4 Å². The van der Waals surface area contributed by atoms with Crippen LogP contribution < -0.4 is 16.0 Å². The summed E-state index contributed by atoms with van der Waals surface area (Å²) in [4.78, 5) is 14.0. The van der Waals surface area contributed by atoms with E-state index in [1.807, 2.05) is 6.07 Å². The van der Waals surface area contributed by atoms with Gasteiger partial charge in [-0.3, -0.25) is 4.79 Å². The van der Waals surface area contributed by atoms with Crippen LogP contribution in [0.4, 0.5) is 11.4 Å². The van der Waals surface area contributed by atoms with E-state index in [9.17, 15) is 4.79 Å². The zero-order chi connectivity index (χ0) is 12.9. The van der Waals surface area contributed by atoms with Gasteiger partial charge in [-0.15, -0.1) is 0 Å². The monoisotopic (exact) mass is 245 g/mol. The highest BCUT2D eigenvalue weighted by Gasteiger charge is 2.29. The summed E-state index contributed by atoms with van der Waals surface area (Å²) in [6.07, 6.45) is 1.20. The van der Waals surface area contributed by atoms with Crippen molar-refractivity contribution < 1.29 is 4.79 Å². The average Bonchev–Trinajstić information content (AvgIpc) is 2.82. The Hall–Kier alpha value is -1.71. The molecule has 4 heteroatoms. The van der Waals surface area contributed by atoms with Gasteiger partial charge >= 0.3 is 0 Å². The van der Waals surface area contributed by atoms with Crippen molar-refractivity contribution >= 4 is 17.3 Å². The molecular formula is C14H19N3O. The Kier molecular flexibility index (Phi) is 2.47. The van der Waals surface area contributed by atoms with Gasteiger partial charge in [-0.25, -0.2) is 0 Å². The third kappa shape index (κ3) is 1.64. The van der Waals surface area contributed by atoms with Gasteiger partial charge in [-0.2, -0.15) is 0 Å². The van der Waals surface area contributed by atoms with Crippen LogP contribution in [0.15, 0.2) is 12.1 Å². The van der Waals surface area contributed by atoms with Crippen molar-refractivity contribution in [3.8, 4) is 0 Å². The average molecular weight is 245 g/mol. The van der Waals surface area contributed by atoms with Crippen molar-refractivity contribution in [2.24, 2.45) is 5.92 Å². The highest BCUT2D eigenvalue weighted by Crippen LogP contribution is 2.35. The highest BCUT2D eigenvalue weighted by molar-refractivity contribution is 6.00. The summed E-state index contributed by atoms with van der Waals surface area (Å²) < 4.78 is 0. The molecular weight excluding hydrogens is 226 g/mol. The first-order valence-corrected chi connectivity index (χ1v) is 6.53. The lowest BCUT2D eigenvalue weighted by molar-refractivity contribution is 0.0966. The van der Waals surface area contributed by atoms with Gasteiger partial charge in [0.1, 0.15) is 0 Å². The molecule has 3 N–H and O–H groups in total. The third-order valence-corrected chi connectivity index (χ3v) is 4.03. The van der Waals surface area contributed by atoms with Crippen molar-refractivity contribution in [1.82, 2.24) is 5.32 Å². The summed E-state index contributed by atoms with van der Waals surface area (Å²) in [5.74, 6) is 0.693. The lowest BCUT2D eigenvalue weighted by Crippen LogP contribution is -2.27. The molecule has 4 nitrogen and oxygen atoms in total. The quantitative estimate of drug-likeness (QED) is 0.741. The number of nitrogen functional groups attached to an aromatic ring is 1. The second-order valence-corrected chi connectivity index (χ2v) is 5.59. The lowest BCUT2D eigenvalue weighted by atomic mass is 10.1. The molecule has 2 atom stereocenters. The maximum atomic E-state index is 11.6. The third-order valence-electron chi connectivity index (χ3n) is 4.03. The molecule has 18 heavy (non-hydrogen) atoms. The number of nitrogens with zero attached hydrogens (tertiary/aromatic N) is 1. The summed E-state index contributed by atoms with van der Waals surface area (Å²) in [5.41, 5.74) is 9.72. The molecule has 2 aliphatic heterocycles. The number of anilines is 2. The fourth-order valence-electron chi connectivity index (χ4n) is 3.16. The minimum absolute atomic E-state index is 0.00825. The van der Waals surface area contributed by atoms with E-state index in [1.165, 1.54) is 6.42 Å². The molecule has 0 spiro atoms. The van der Waals surface area contributed by atoms with Crippen molar-refractivity contribution in [3.63, 3.8) is 0 Å². The molecule has 0 bridgehead atoms. The Morgan fingerprint density at radius 3 is 2.83 bits per heavy atom. The molecule has 1 aromatic carbocycles. The first-order valence-electron chi connectivity index (χ1n) is 6.53. The molecule has 1 fully saturated rings. The molecule has 0 aromatic heterocycles. The number of nitrogens with one attached hydrogen (secondary N) is 1. The SMILES string of the molecule is CC1CC(C)N(c2cc3c(cc2N)C(=O)NC3)C1. The number of fused-ring (bicyclic) bond motifs is 1. The van der Waals surface area contributed by atoms with Crippen LogP contribution in [0.5, 0.6) is 0 Å². The second kappa shape index (κ2) is 3.90. The van der Waals surface area contributed by atoms with Crippen LogP contribution in [0.25, 0.3) is 0 Å². The van der Waals surface area contributed by atoms with E-state index in [1.54, 1.807) is 0 Å². The highest BCUT2D eigenvalue weighted by atomic mass is 16.1. The molecule has 0 saturated carbocycles. The molecule has 0 aliphatic carbocycles.